The molecule has 1 heterocycles. The molecule has 0 amide bonds. The van der Waals surface area contributed by atoms with Gasteiger partial charge >= 0.3 is 5.97 Å². The normalized spacial score (nSPS) is 17.0. The highest BCUT2D eigenvalue weighted by molar-refractivity contribution is 7.90. The van der Waals surface area contributed by atoms with Gasteiger partial charge in [-0.1, -0.05) is 24.3 Å². The molecule has 0 bridgehead atoms. The predicted octanol–water partition coefficient (Wildman–Crippen LogP) is 1.91. The monoisotopic (exact) mass is 388 g/mol. The van der Waals surface area contributed by atoms with Gasteiger partial charge in [0.05, 0.1) is 18.6 Å². The maximum atomic E-state index is 12.2. The van der Waals surface area contributed by atoms with Gasteiger partial charge in [-0.3, -0.25) is 9.71 Å². The minimum absolute atomic E-state index is 0.156. The fourth-order valence-corrected chi connectivity index (χ4v) is 3.90. The average Bonchev–Trinajstić information content (AvgIpc) is 2.92. The van der Waals surface area contributed by atoms with Crippen LogP contribution in [0, 0.1) is 0 Å². The molecule has 0 aliphatic carbocycles. The highest BCUT2D eigenvalue weighted by atomic mass is 32.2. The molecule has 2 aromatic rings. The first kappa shape index (κ1) is 18.9. The molecule has 3 rings (SSSR count). The summed E-state index contributed by atoms with van der Waals surface area (Å²) in [5.41, 5.74) is 1.47. The van der Waals surface area contributed by atoms with E-state index in [9.17, 15) is 13.2 Å². The number of esters is 1. The quantitative estimate of drug-likeness (QED) is 0.763. The second-order valence-corrected chi connectivity index (χ2v) is 7.67. The summed E-state index contributed by atoms with van der Waals surface area (Å²) in [6, 6.07) is 13.2. The molecule has 27 heavy (non-hydrogen) atoms. The zero-order valence-electron chi connectivity index (χ0n) is 15.0. The van der Waals surface area contributed by atoms with E-state index in [1.807, 2.05) is 24.3 Å². The smallest absolute Gasteiger partial charge is 0.330 e. The van der Waals surface area contributed by atoms with Crippen molar-refractivity contribution in [3.63, 3.8) is 0 Å². The van der Waals surface area contributed by atoms with Crippen molar-refractivity contribution >= 4 is 21.8 Å². The molecule has 1 aliphatic heterocycles. The van der Waals surface area contributed by atoms with Crippen molar-refractivity contribution in [2.75, 3.05) is 13.7 Å². The molecular formula is C19H20N2O5S. The van der Waals surface area contributed by atoms with Crippen molar-refractivity contribution in [2.24, 2.45) is 4.99 Å². The van der Waals surface area contributed by atoms with Gasteiger partial charge in [-0.2, -0.15) is 0 Å². The molecule has 142 valence electrons. The zero-order valence-corrected chi connectivity index (χ0v) is 15.8. The molecular weight excluding hydrogens is 368 g/mol. The van der Waals surface area contributed by atoms with Crippen LogP contribution in [0.4, 0.5) is 0 Å². The Morgan fingerprint density at radius 1 is 1.15 bits per heavy atom. The maximum Gasteiger partial charge on any atom is 0.330 e. The van der Waals surface area contributed by atoms with Crippen LogP contribution in [-0.2, 0) is 26.0 Å². The third-order valence-electron chi connectivity index (χ3n) is 4.12. The number of nitrogens with one attached hydrogen (secondary N) is 1. The maximum absolute atomic E-state index is 12.2. The van der Waals surface area contributed by atoms with E-state index in [0.29, 0.717) is 12.0 Å². The number of carbonyl (C=O) groups excluding carboxylic acids is 1. The molecule has 0 saturated heterocycles. The third kappa shape index (κ3) is 4.28. The molecule has 8 heteroatoms. The molecule has 0 spiro atoms. The predicted molar refractivity (Wildman–Crippen MR) is 100 cm³/mol. The lowest BCUT2D eigenvalue weighted by Crippen LogP contribution is -2.27. The van der Waals surface area contributed by atoms with Crippen LogP contribution in [0.25, 0.3) is 0 Å². The van der Waals surface area contributed by atoms with Crippen LogP contribution in [0.15, 0.2) is 58.4 Å². The average molecular weight is 388 g/mol. The van der Waals surface area contributed by atoms with E-state index in [1.165, 1.54) is 6.07 Å². The van der Waals surface area contributed by atoms with E-state index < -0.39 is 22.0 Å². The number of amidine groups is 1. The number of aliphatic imine (C=N–C) groups is 1. The number of hydrogen-bond donors (Lipinski definition) is 1. The third-order valence-corrected chi connectivity index (χ3v) is 5.52. The van der Waals surface area contributed by atoms with Crippen LogP contribution >= 0.6 is 0 Å². The molecule has 0 unspecified atom stereocenters. The number of ether oxygens (including phenoxy) is 2. The van der Waals surface area contributed by atoms with Crippen molar-refractivity contribution in [3.05, 3.63) is 59.7 Å². The SMILES string of the molecule is COc1ccc(CCOC(=O)[C@H](C)N=C2NS(=O)(=O)c3ccccc32)cc1. The van der Waals surface area contributed by atoms with Gasteiger partial charge in [0.15, 0.2) is 0 Å². The van der Waals surface area contributed by atoms with Gasteiger partial charge in [0.2, 0.25) is 0 Å². The van der Waals surface area contributed by atoms with Gasteiger partial charge in [-0.25, -0.2) is 13.2 Å². The van der Waals surface area contributed by atoms with Crippen molar-refractivity contribution in [1.82, 2.24) is 4.72 Å². The number of benzene rings is 2. The second kappa shape index (κ2) is 7.79. The second-order valence-electron chi connectivity index (χ2n) is 6.02. The molecule has 1 aliphatic rings. The number of rotatable bonds is 6. The van der Waals surface area contributed by atoms with Crippen LogP contribution in [0.1, 0.15) is 18.1 Å². The number of methoxy groups -OCH3 is 1. The van der Waals surface area contributed by atoms with Crippen LogP contribution in [0.2, 0.25) is 0 Å². The van der Waals surface area contributed by atoms with E-state index >= 15 is 0 Å². The van der Waals surface area contributed by atoms with Gasteiger partial charge in [-0.15, -0.1) is 0 Å². The molecule has 0 fully saturated rings. The summed E-state index contributed by atoms with van der Waals surface area (Å²) in [5.74, 6) is 0.407. The fourth-order valence-electron chi connectivity index (χ4n) is 2.66. The van der Waals surface area contributed by atoms with Crippen molar-refractivity contribution in [1.29, 1.82) is 0 Å². The number of hydrogen-bond acceptors (Lipinski definition) is 6. The van der Waals surface area contributed by atoms with Crippen LogP contribution < -0.4 is 9.46 Å². The zero-order chi connectivity index (χ0) is 19.4. The Morgan fingerprint density at radius 3 is 2.56 bits per heavy atom. The Hall–Kier alpha value is -2.87. The lowest BCUT2D eigenvalue weighted by atomic mass is 10.1. The number of sulfonamides is 1. The van der Waals surface area contributed by atoms with Gasteiger partial charge < -0.3 is 9.47 Å². The van der Waals surface area contributed by atoms with Crippen LogP contribution in [0.5, 0.6) is 5.75 Å². The standard InChI is InChI=1S/C19H20N2O5S/c1-13(19(22)26-12-11-14-7-9-15(25-2)10-8-14)20-18-16-5-3-4-6-17(16)27(23,24)21-18/h3-10,13H,11-12H2,1-2H3,(H,20,21)/t13-/m0/s1. The molecule has 1 atom stereocenters. The Labute approximate surface area is 158 Å². The minimum Gasteiger partial charge on any atom is -0.497 e. The Bertz CT molecular complexity index is 968. The van der Waals surface area contributed by atoms with Gasteiger partial charge in [0.1, 0.15) is 17.6 Å². The summed E-state index contributed by atoms with van der Waals surface area (Å²) in [6.45, 7) is 1.78. The van der Waals surface area contributed by atoms with E-state index in [2.05, 4.69) is 9.71 Å². The fraction of sp³-hybridized carbons (Fsp3) is 0.263. The number of carbonyl (C=O) groups is 1. The molecule has 0 saturated carbocycles. The Morgan fingerprint density at radius 2 is 1.85 bits per heavy atom. The molecule has 2 aromatic carbocycles. The summed E-state index contributed by atoms with van der Waals surface area (Å²) >= 11 is 0. The van der Waals surface area contributed by atoms with E-state index in [0.717, 1.165) is 11.3 Å². The molecule has 7 nitrogen and oxygen atoms in total. The highest BCUT2D eigenvalue weighted by Gasteiger charge is 2.31. The lowest BCUT2D eigenvalue weighted by Gasteiger charge is -2.09. The Kier molecular flexibility index (Phi) is 5.46. The van der Waals surface area contributed by atoms with E-state index in [-0.39, 0.29) is 17.3 Å². The molecule has 0 radical (unpaired) electrons. The Balaban J connectivity index is 1.60. The van der Waals surface area contributed by atoms with E-state index in [1.54, 1.807) is 32.2 Å². The first-order valence-electron chi connectivity index (χ1n) is 8.40. The minimum atomic E-state index is -3.63. The summed E-state index contributed by atoms with van der Waals surface area (Å²) in [6.07, 6.45) is 0.564. The van der Waals surface area contributed by atoms with Crippen molar-refractivity contribution in [2.45, 2.75) is 24.3 Å². The summed E-state index contributed by atoms with van der Waals surface area (Å²) in [7, 11) is -2.03. The first-order chi connectivity index (χ1) is 12.9. The van der Waals surface area contributed by atoms with Crippen molar-refractivity contribution in [3.8, 4) is 5.75 Å². The summed E-state index contributed by atoms with van der Waals surface area (Å²) < 4.78 is 36.9. The highest BCUT2D eigenvalue weighted by Crippen LogP contribution is 2.22. The molecule has 1 N–H and O–H groups in total. The van der Waals surface area contributed by atoms with Crippen LogP contribution in [0.3, 0.4) is 0 Å². The van der Waals surface area contributed by atoms with Gasteiger partial charge in [0, 0.05) is 12.0 Å². The first-order valence-corrected chi connectivity index (χ1v) is 9.88. The lowest BCUT2D eigenvalue weighted by molar-refractivity contribution is -0.144. The van der Waals surface area contributed by atoms with E-state index in [4.69, 9.17) is 9.47 Å². The topological polar surface area (TPSA) is 94.1 Å². The molecule has 0 aromatic heterocycles. The number of nitrogens with zero attached hydrogens (tertiary/aromatic N) is 1. The largest absolute Gasteiger partial charge is 0.497 e. The van der Waals surface area contributed by atoms with Crippen molar-refractivity contribution < 1.29 is 22.7 Å². The summed E-state index contributed by atoms with van der Waals surface area (Å²) in [5, 5.41) is 0. The van der Waals surface area contributed by atoms with Gasteiger partial charge in [-0.05, 0) is 36.8 Å². The van der Waals surface area contributed by atoms with Crippen LogP contribution in [-0.4, -0.2) is 40.0 Å². The summed E-state index contributed by atoms with van der Waals surface area (Å²) in [4.78, 5) is 16.5. The van der Waals surface area contributed by atoms with Gasteiger partial charge in [0.25, 0.3) is 10.0 Å². The number of fused-ring (bicyclic) bond motifs is 1.